The summed E-state index contributed by atoms with van der Waals surface area (Å²) >= 11 is 9.19. The van der Waals surface area contributed by atoms with Crippen molar-refractivity contribution in [2.45, 2.75) is 13.0 Å². The molecule has 2 N–H and O–H groups in total. The van der Waals surface area contributed by atoms with Crippen LogP contribution in [0.5, 0.6) is 0 Å². The number of carbonyl (C=O) groups is 1. The van der Waals surface area contributed by atoms with Gasteiger partial charge in [-0.25, -0.2) is 0 Å². The van der Waals surface area contributed by atoms with Crippen LogP contribution >= 0.6 is 27.5 Å². The molecule has 0 aliphatic carbocycles. The molecule has 0 bridgehead atoms. The number of halogens is 2. The number of hydrogen-bond acceptors (Lipinski definition) is 2. The molecule has 3 nitrogen and oxygen atoms in total. The molecule has 1 aromatic rings. The van der Waals surface area contributed by atoms with Gasteiger partial charge in [0, 0.05) is 10.2 Å². The van der Waals surface area contributed by atoms with Gasteiger partial charge in [-0.3, -0.25) is 4.79 Å². The molecule has 0 fully saturated rings. The average molecular weight is 316 g/mol. The molecule has 0 saturated carbocycles. The number of nitrogens with one attached hydrogen (secondary N) is 2. The van der Waals surface area contributed by atoms with Crippen LogP contribution in [0.1, 0.15) is 6.92 Å². The van der Waals surface area contributed by atoms with E-state index in [1.807, 2.05) is 6.07 Å². The highest BCUT2D eigenvalue weighted by molar-refractivity contribution is 9.10. The van der Waals surface area contributed by atoms with Gasteiger partial charge in [-0.05, 0) is 41.1 Å². The summed E-state index contributed by atoms with van der Waals surface area (Å²) in [6.07, 6.45) is 5.06. The van der Waals surface area contributed by atoms with Gasteiger partial charge in [0.15, 0.2) is 0 Å². The predicted molar refractivity (Wildman–Crippen MR) is 74.1 cm³/mol. The van der Waals surface area contributed by atoms with E-state index in [9.17, 15) is 4.79 Å². The third kappa shape index (κ3) is 4.29. The van der Waals surface area contributed by atoms with Crippen LogP contribution in [0.25, 0.3) is 0 Å². The fourth-order valence-corrected chi connectivity index (χ4v) is 1.69. The Morgan fingerprint density at radius 3 is 2.94 bits per heavy atom. The Balaban J connectivity index is 2.62. The summed E-state index contributed by atoms with van der Waals surface area (Å²) in [5, 5.41) is 6.28. The van der Waals surface area contributed by atoms with Gasteiger partial charge in [-0.2, -0.15) is 0 Å². The fraction of sp³-hybridized carbons (Fsp3) is 0.250. The summed E-state index contributed by atoms with van der Waals surface area (Å²) in [5.41, 5.74) is 0.810. The minimum atomic E-state index is -0.364. The van der Waals surface area contributed by atoms with Crippen LogP contribution in [0, 0.1) is 12.3 Å². The van der Waals surface area contributed by atoms with Gasteiger partial charge < -0.3 is 10.6 Å². The molecule has 0 aromatic heterocycles. The van der Waals surface area contributed by atoms with E-state index < -0.39 is 0 Å². The third-order valence-electron chi connectivity index (χ3n) is 2.06. The van der Waals surface area contributed by atoms with E-state index >= 15 is 0 Å². The van der Waals surface area contributed by atoms with Crippen molar-refractivity contribution in [1.29, 1.82) is 0 Å². The Bertz CT molecular complexity index is 456. The molecule has 17 heavy (non-hydrogen) atoms. The molecule has 1 amide bonds. The average Bonchev–Trinajstić information content (AvgIpc) is 2.30. The number of rotatable bonds is 4. The van der Waals surface area contributed by atoms with Gasteiger partial charge in [0.2, 0.25) is 5.91 Å². The van der Waals surface area contributed by atoms with Crippen LogP contribution in [0.4, 0.5) is 5.69 Å². The Hall–Kier alpha value is -1.18. The lowest BCUT2D eigenvalue weighted by Crippen LogP contribution is -2.37. The molecular weight excluding hydrogens is 304 g/mol. The van der Waals surface area contributed by atoms with Crippen molar-refractivity contribution >= 4 is 39.1 Å². The number of terminal acetylenes is 1. The Morgan fingerprint density at radius 2 is 2.35 bits per heavy atom. The number of benzene rings is 1. The largest absolute Gasteiger partial charge is 0.374 e. The van der Waals surface area contributed by atoms with Gasteiger partial charge >= 0.3 is 0 Å². The summed E-state index contributed by atoms with van der Waals surface area (Å²) in [5.74, 6) is 2.20. The lowest BCUT2D eigenvalue weighted by Gasteiger charge is -2.14. The monoisotopic (exact) mass is 314 g/mol. The zero-order chi connectivity index (χ0) is 12.8. The zero-order valence-electron chi connectivity index (χ0n) is 9.26. The molecule has 1 unspecified atom stereocenters. The Kier molecular flexibility index (Phi) is 5.33. The van der Waals surface area contributed by atoms with Gasteiger partial charge in [0.1, 0.15) is 6.04 Å². The van der Waals surface area contributed by atoms with Crippen molar-refractivity contribution in [3.8, 4) is 12.3 Å². The van der Waals surface area contributed by atoms with Gasteiger partial charge in [-0.15, -0.1) is 6.42 Å². The van der Waals surface area contributed by atoms with E-state index in [2.05, 4.69) is 32.5 Å². The predicted octanol–water partition coefficient (Wildman–Crippen LogP) is 2.65. The molecule has 0 aliphatic rings. The Morgan fingerprint density at radius 1 is 1.65 bits per heavy atom. The molecule has 0 spiro atoms. The maximum atomic E-state index is 11.6. The van der Waals surface area contributed by atoms with Crippen LogP contribution < -0.4 is 10.6 Å². The van der Waals surface area contributed by atoms with Crippen molar-refractivity contribution in [1.82, 2.24) is 5.32 Å². The molecule has 0 aliphatic heterocycles. The molecule has 0 saturated heterocycles. The van der Waals surface area contributed by atoms with Crippen LogP contribution in [-0.2, 0) is 4.79 Å². The second-order valence-electron chi connectivity index (χ2n) is 3.42. The Labute approximate surface area is 114 Å². The second-order valence-corrected chi connectivity index (χ2v) is 4.68. The van der Waals surface area contributed by atoms with E-state index in [1.165, 1.54) is 0 Å². The minimum Gasteiger partial charge on any atom is -0.374 e. The second kappa shape index (κ2) is 6.53. The van der Waals surface area contributed by atoms with Crippen molar-refractivity contribution in [3.05, 3.63) is 27.7 Å². The number of anilines is 1. The maximum absolute atomic E-state index is 11.6. The first-order valence-electron chi connectivity index (χ1n) is 4.97. The fourth-order valence-electron chi connectivity index (χ4n) is 1.19. The van der Waals surface area contributed by atoms with Crippen molar-refractivity contribution in [3.63, 3.8) is 0 Å². The summed E-state index contributed by atoms with van der Waals surface area (Å²) in [6.45, 7) is 1.99. The van der Waals surface area contributed by atoms with Gasteiger partial charge in [0.05, 0.1) is 11.6 Å². The van der Waals surface area contributed by atoms with Crippen molar-refractivity contribution in [2.75, 3.05) is 11.9 Å². The summed E-state index contributed by atoms with van der Waals surface area (Å²) in [6, 6.07) is 5.00. The van der Waals surface area contributed by atoms with E-state index in [0.717, 1.165) is 10.2 Å². The molecule has 0 radical (unpaired) electrons. The molecule has 0 heterocycles. The van der Waals surface area contributed by atoms with Gasteiger partial charge in [0.25, 0.3) is 0 Å². The molecule has 1 aromatic carbocycles. The minimum absolute atomic E-state index is 0.144. The first kappa shape index (κ1) is 13.9. The lowest BCUT2D eigenvalue weighted by molar-refractivity contribution is -0.121. The standard InChI is InChI=1S/C12H12BrClN2O/c1-3-6-15-12(17)8(2)16-9-4-5-11(14)10(13)7-9/h1,4-5,7-8,16H,6H2,2H3,(H,15,17). The normalized spacial score (nSPS) is 11.4. The van der Waals surface area contributed by atoms with E-state index in [1.54, 1.807) is 19.1 Å². The summed E-state index contributed by atoms with van der Waals surface area (Å²) < 4.78 is 0.778. The molecule has 1 rings (SSSR count). The number of hydrogen-bond donors (Lipinski definition) is 2. The van der Waals surface area contributed by atoms with Crippen LogP contribution in [0.3, 0.4) is 0 Å². The summed E-state index contributed by atoms with van der Waals surface area (Å²) in [7, 11) is 0. The maximum Gasteiger partial charge on any atom is 0.242 e. The zero-order valence-corrected chi connectivity index (χ0v) is 11.6. The number of carbonyl (C=O) groups excluding carboxylic acids is 1. The number of amides is 1. The van der Waals surface area contributed by atoms with Crippen LogP contribution in [-0.4, -0.2) is 18.5 Å². The van der Waals surface area contributed by atoms with Gasteiger partial charge in [-0.1, -0.05) is 17.5 Å². The third-order valence-corrected chi connectivity index (χ3v) is 3.27. The van der Waals surface area contributed by atoms with E-state index in [4.69, 9.17) is 18.0 Å². The highest BCUT2D eigenvalue weighted by Gasteiger charge is 2.11. The topological polar surface area (TPSA) is 41.1 Å². The van der Waals surface area contributed by atoms with E-state index in [0.29, 0.717) is 5.02 Å². The summed E-state index contributed by atoms with van der Waals surface area (Å²) in [4.78, 5) is 11.6. The lowest BCUT2D eigenvalue weighted by atomic mass is 10.2. The SMILES string of the molecule is C#CCNC(=O)C(C)Nc1ccc(Cl)c(Br)c1. The first-order chi connectivity index (χ1) is 8.04. The highest BCUT2D eigenvalue weighted by Crippen LogP contribution is 2.25. The van der Waals surface area contributed by atoms with Crippen LogP contribution in [0.15, 0.2) is 22.7 Å². The molecule has 5 heteroatoms. The van der Waals surface area contributed by atoms with Crippen molar-refractivity contribution in [2.24, 2.45) is 0 Å². The quantitative estimate of drug-likeness (QED) is 0.839. The van der Waals surface area contributed by atoms with Crippen molar-refractivity contribution < 1.29 is 4.79 Å². The smallest absolute Gasteiger partial charge is 0.242 e. The molecular formula is C12H12BrClN2O. The highest BCUT2D eigenvalue weighted by atomic mass is 79.9. The molecule has 90 valence electrons. The molecule has 1 atom stereocenters. The van der Waals surface area contributed by atoms with E-state index in [-0.39, 0.29) is 18.5 Å². The van der Waals surface area contributed by atoms with Crippen LogP contribution in [0.2, 0.25) is 5.02 Å². The first-order valence-corrected chi connectivity index (χ1v) is 6.14.